The Kier molecular flexibility index (Phi) is 5.84. The molecule has 4 heterocycles. The molecule has 2 fully saturated rings. The second-order valence-electron chi connectivity index (χ2n) is 8.01. The zero-order valence-corrected chi connectivity index (χ0v) is 20.8. The maximum atomic E-state index is 14.6. The second kappa shape index (κ2) is 8.05. The highest BCUT2D eigenvalue weighted by Crippen LogP contribution is 2.69. The number of hydroxylamine groups is 1. The summed E-state index contributed by atoms with van der Waals surface area (Å²) in [4.78, 5) is 55.7. The summed E-state index contributed by atoms with van der Waals surface area (Å²) < 4.78 is 20.1. The summed E-state index contributed by atoms with van der Waals surface area (Å²) in [6, 6.07) is 0. The Hall–Kier alpha value is -2.45. The Morgan fingerprint density at radius 1 is 1.44 bits per heavy atom. The molecule has 0 saturated carbocycles. The largest absolute Gasteiger partial charge is 0.477 e. The lowest BCUT2D eigenvalue weighted by molar-refractivity contribution is -0.172. The normalized spacial score (nSPS) is 33.8. The first-order chi connectivity index (χ1) is 15.8. The molecule has 0 spiro atoms. The maximum Gasteiger partial charge on any atom is 0.352 e. The summed E-state index contributed by atoms with van der Waals surface area (Å²) in [5, 5.41) is 24.9. The number of nitrogens with one attached hydrogen (secondary N) is 1. The van der Waals surface area contributed by atoms with Crippen LogP contribution >= 0.6 is 30.4 Å². The molecule has 4 rings (SSSR count). The molecule has 3 unspecified atom stereocenters. The number of carboxylic acids is 1. The number of ether oxygens (including phenoxy) is 1. The predicted octanol–water partition coefficient (Wildman–Crippen LogP) is 0.920. The van der Waals surface area contributed by atoms with Gasteiger partial charge in [-0.15, -0.1) is 27.9 Å². The topological polar surface area (TPSA) is 192 Å². The smallest absolute Gasteiger partial charge is 0.352 e. The number of carbonyl (C=O) groups is 4. The van der Waals surface area contributed by atoms with Crippen molar-refractivity contribution in [3.05, 3.63) is 22.3 Å². The number of hydrogen-bond donors (Lipinski definition) is 4. The number of esters is 1. The van der Waals surface area contributed by atoms with E-state index in [0.29, 0.717) is 4.83 Å². The number of thioether (sulfide) groups is 1. The van der Waals surface area contributed by atoms with Gasteiger partial charge in [0.2, 0.25) is 13.2 Å². The van der Waals surface area contributed by atoms with E-state index < -0.39 is 53.1 Å². The van der Waals surface area contributed by atoms with Gasteiger partial charge in [0, 0.05) is 29.8 Å². The minimum absolute atomic E-state index is 0.00328. The van der Waals surface area contributed by atoms with E-state index in [4.69, 9.17) is 10.5 Å². The van der Waals surface area contributed by atoms with E-state index in [1.54, 1.807) is 0 Å². The quantitative estimate of drug-likeness (QED) is 0.239. The number of nitrogen functional groups attached to an aromatic ring is 1. The van der Waals surface area contributed by atoms with Gasteiger partial charge in [0.1, 0.15) is 5.70 Å². The number of amides is 2. The Morgan fingerprint density at radius 3 is 2.62 bits per heavy atom. The van der Waals surface area contributed by atoms with Gasteiger partial charge in [0.15, 0.2) is 10.7 Å². The van der Waals surface area contributed by atoms with Crippen molar-refractivity contribution in [2.45, 2.75) is 43.6 Å². The molecule has 1 aromatic heterocycles. The van der Waals surface area contributed by atoms with Crippen molar-refractivity contribution in [2.75, 3.05) is 17.6 Å². The minimum atomic E-state index is -4.42. The van der Waals surface area contributed by atoms with Gasteiger partial charge in [-0.1, -0.05) is 6.92 Å². The molecule has 184 valence electrons. The van der Waals surface area contributed by atoms with Crippen LogP contribution in [0.25, 0.3) is 0 Å². The fourth-order valence-corrected chi connectivity index (χ4v) is 9.40. The summed E-state index contributed by atoms with van der Waals surface area (Å²) in [5.41, 5.74) is 0.363. The van der Waals surface area contributed by atoms with Crippen LogP contribution in [0.4, 0.5) is 5.13 Å². The summed E-state index contributed by atoms with van der Waals surface area (Å²) in [7, 11) is -4.42. The summed E-state index contributed by atoms with van der Waals surface area (Å²) in [6.45, 7) is 3.71. The zero-order valence-electron chi connectivity index (χ0n) is 18.3. The van der Waals surface area contributed by atoms with Crippen molar-refractivity contribution >= 4 is 59.3 Å². The Morgan fingerprint density at radius 2 is 2.12 bits per heavy atom. The van der Waals surface area contributed by atoms with E-state index in [2.05, 4.69) is 10.3 Å². The van der Waals surface area contributed by atoms with Crippen molar-refractivity contribution in [2.24, 2.45) is 0 Å². The molecule has 0 bridgehead atoms. The SMILES string of the molecule is CCP1(=O)N(O)C(C)(c2csc(N)n2)C(=O)NC1(OC(C)=O)C1=C(C(=O)O)N2C(=O)C[C@H]2SC1. The summed E-state index contributed by atoms with van der Waals surface area (Å²) in [6.07, 6.45) is -0.229. The van der Waals surface area contributed by atoms with Gasteiger partial charge in [-0.25, -0.2) is 9.78 Å². The van der Waals surface area contributed by atoms with Crippen molar-refractivity contribution in [3.8, 4) is 0 Å². The van der Waals surface area contributed by atoms with Crippen LogP contribution in [0.2, 0.25) is 0 Å². The molecule has 0 aromatic carbocycles. The first-order valence-corrected chi connectivity index (χ1v) is 13.8. The van der Waals surface area contributed by atoms with Gasteiger partial charge in [-0.2, -0.15) is 0 Å². The lowest BCUT2D eigenvalue weighted by Crippen LogP contribution is -2.70. The number of hydrogen-bond acceptors (Lipinski definition) is 11. The number of aliphatic carboxylic acids is 1. The molecule has 4 atom stereocenters. The standard InChI is InChI=1S/C18H22N5O8PS2/c1-4-32(30)18(31-8(2)24,9-6-33-12-5-11(25)22(12)13(9)14(26)27)21-15(28)17(3,23(32)29)10-7-34-16(19)20-10/h7,12,29H,4-6H2,1-3H3,(H2,19,20)(H,21,28)(H,26,27)/t12-,17?,18?,32?/m1/s1. The van der Waals surface area contributed by atoms with Crippen LogP contribution in [0, 0.1) is 0 Å². The third-order valence-electron chi connectivity index (χ3n) is 6.13. The molecule has 16 heteroatoms. The van der Waals surface area contributed by atoms with E-state index in [1.807, 2.05) is 0 Å². The van der Waals surface area contributed by atoms with Gasteiger partial charge in [0.05, 0.1) is 17.5 Å². The Balaban J connectivity index is 1.99. The highest BCUT2D eigenvalue weighted by Gasteiger charge is 2.70. The highest BCUT2D eigenvalue weighted by atomic mass is 32.2. The van der Waals surface area contributed by atoms with Crippen molar-refractivity contribution < 1.29 is 38.8 Å². The number of nitrogens with two attached hydrogens (primary N) is 1. The van der Waals surface area contributed by atoms with Crippen LogP contribution in [0.3, 0.4) is 0 Å². The second-order valence-corrected chi connectivity index (χ2v) is 13.1. The monoisotopic (exact) mass is 531 g/mol. The van der Waals surface area contributed by atoms with Crippen LogP contribution in [0.5, 0.6) is 0 Å². The summed E-state index contributed by atoms with van der Waals surface area (Å²) >= 11 is 2.17. The number of anilines is 1. The van der Waals surface area contributed by atoms with Crippen LogP contribution in [0.1, 0.15) is 32.9 Å². The Bertz CT molecular complexity index is 1200. The van der Waals surface area contributed by atoms with Crippen molar-refractivity contribution in [1.82, 2.24) is 20.0 Å². The number of carboxylic acid groups (broad SMARTS) is 1. The van der Waals surface area contributed by atoms with Crippen LogP contribution < -0.4 is 11.1 Å². The van der Waals surface area contributed by atoms with E-state index in [1.165, 1.54) is 31.0 Å². The fourth-order valence-electron chi connectivity index (χ4n) is 4.32. The lowest BCUT2D eigenvalue weighted by atomic mass is 9.97. The van der Waals surface area contributed by atoms with Crippen LogP contribution in [0.15, 0.2) is 16.7 Å². The van der Waals surface area contributed by atoms with Crippen LogP contribution in [-0.2, 0) is 34.0 Å². The van der Waals surface area contributed by atoms with Gasteiger partial charge in [0.25, 0.3) is 11.4 Å². The zero-order chi connectivity index (χ0) is 25.2. The number of thiazole rings is 1. The molecular formula is C18H22N5O8PS2. The molecule has 13 nitrogen and oxygen atoms in total. The highest BCUT2D eigenvalue weighted by molar-refractivity contribution is 8.00. The third-order valence-corrected chi connectivity index (χ3v) is 11.3. The average Bonchev–Trinajstić information content (AvgIpc) is 3.20. The molecule has 2 amide bonds. The molecule has 0 aliphatic carbocycles. The number of fused-ring (bicyclic) bond motifs is 1. The van der Waals surface area contributed by atoms with E-state index in [9.17, 15) is 34.1 Å². The molecule has 34 heavy (non-hydrogen) atoms. The number of β-lactam (4-membered cyclic amide) rings is 1. The summed E-state index contributed by atoms with van der Waals surface area (Å²) in [5.74, 6) is -4.07. The van der Waals surface area contributed by atoms with Crippen molar-refractivity contribution in [3.63, 3.8) is 0 Å². The third kappa shape index (κ3) is 3.14. The van der Waals surface area contributed by atoms with Gasteiger partial charge >= 0.3 is 11.9 Å². The van der Waals surface area contributed by atoms with Gasteiger partial charge < -0.3 is 26.1 Å². The molecular weight excluding hydrogens is 509 g/mol. The molecule has 3 aliphatic rings. The maximum absolute atomic E-state index is 14.6. The van der Waals surface area contributed by atoms with E-state index in [0.717, 1.165) is 23.2 Å². The molecule has 3 aliphatic heterocycles. The molecule has 5 N–H and O–H groups in total. The van der Waals surface area contributed by atoms with Gasteiger partial charge in [-0.05, 0) is 6.92 Å². The molecule has 0 radical (unpaired) electrons. The Labute approximate surface area is 201 Å². The fraction of sp³-hybridized carbons (Fsp3) is 0.500. The van der Waals surface area contributed by atoms with Gasteiger partial charge in [-0.3, -0.25) is 23.8 Å². The molecule has 2 saturated heterocycles. The average molecular weight is 532 g/mol. The molecule has 1 aromatic rings. The van der Waals surface area contributed by atoms with E-state index in [-0.39, 0.29) is 34.7 Å². The van der Waals surface area contributed by atoms with Crippen molar-refractivity contribution in [1.29, 1.82) is 0 Å². The number of rotatable bonds is 5. The first-order valence-electron chi connectivity index (χ1n) is 10.1. The lowest BCUT2D eigenvalue weighted by Gasteiger charge is -2.54. The van der Waals surface area contributed by atoms with Crippen LogP contribution in [-0.4, -0.2) is 71.5 Å². The van der Waals surface area contributed by atoms with E-state index >= 15 is 0 Å². The predicted molar refractivity (Wildman–Crippen MR) is 121 cm³/mol. The number of aromatic nitrogens is 1. The number of nitrogens with zero attached hydrogens (tertiary/aromatic N) is 3. The number of carbonyl (C=O) groups excluding carboxylic acids is 3. The first kappa shape index (κ1) is 24.7. The minimum Gasteiger partial charge on any atom is -0.477 e.